The third-order valence-corrected chi connectivity index (χ3v) is 2.93. The topological polar surface area (TPSA) is 53.6 Å². The van der Waals surface area contributed by atoms with E-state index in [2.05, 4.69) is 23.4 Å². The van der Waals surface area contributed by atoms with Gasteiger partial charge in [-0.2, -0.15) is 10.4 Å². The summed E-state index contributed by atoms with van der Waals surface area (Å²) in [5, 5.41) is 16.7. The SMILES string of the molecule is CCCNCc1cn(C)nc1-c1ccc(C#N)cc1. The van der Waals surface area contributed by atoms with Crippen molar-refractivity contribution in [2.45, 2.75) is 19.9 Å². The first-order valence-corrected chi connectivity index (χ1v) is 6.48. The first-order chi connectivity index (χ1) is 9.24. The fourth-order valence-corrected chi connectivity index (χ4v) is 2.01. The van der Waals surface area contributed by atoms with E-state index in [9.17, 15) is 0 Å². The summed E-state index contributed by atoms with van der Waals surface area (Å²) in [6.45, 7) is 3.97. The maximum Gasteiger partial charge on any atom is 0.0991 e. The zero-order valence-corrected chi connectivity index (χ0v) is 11.3. The lowest BCUT2D eigenvalue weighted by atomic mass is 10.1. The van der Waals surface area contributed by atoms with Crippen LogP contribution in [0.4, 0.5) is 0 Å². The molecule has 98 valence electrons. The quantitative estimate of drug-likeness (QED) is 0.834. The minimum absolute atomic E-state index is 0.672. The fraction of sp³-hybridized carbons (Fsp3) is 0.333. The molecule has 2 rings (SSSR count). The lowest BCUT2D eigenvalue weighted by Gasteiger charge is -2.04. The smallest absolute Gasteiger partial charge is 0.0991 e. The second-order valence-electron chi connectivity index (χ2n) is 4.54. The van der Waals surface area contributed by atoms with Gasteiger partial charge in [-0.1, -0.05) is 19.1 Å². The number of nitrogens with one attached hydrogen (secondary N) is 1. The molecule has 0 bridgehead atoms. The van der Waals surface area contributed by atoms with E-state index >= 15 is 0 Å². The van der Waals surface area contributed by atoms with Crippen molar-refractivity contribution < 1.29 is 0 Å². The molecule has 0 saturated carbocycles. The Balaban J connectivity index is 2.25. The third-order valence-electron chi connectivity index (χ3n) is 2.93. The lowest BCUT2D eigenvalue weighted by Crippen LogP contribution is -2.13. The molecule has 1 heterocycles. The molecule has 0 saturated heterocycles. The van der Waals surface area contributed by atoms with Crippen LogP contribution in [0.5, 0.6) is 0 Å². The second-order valence-corrected chi connectivity index (χ2v) is 4.54. The highest BCUT2D eigenvalue weighted by molar-refractivity contribution is 5.63. The molecule has 1 N–H and O–H groups in total. The van der Waals surface area contributed by atoms with Gasteiger partial charge in [-0.05, 0) is 25.1 Å². The van der Waals surface area contributed by atoms with Gasteiger partial charge in [0.1, 0.15) is 0 Å². The van der Waals surface area contributed by atoms with E-state index in [0.717, 1.165) is 30.8 Å². The Morgan fingerprint density at radius 3 is 2.68 bits per heavy atom. The Morgan fingerprint density at radius 1 is 1.32 bits per heavy atom. The zero-order chi connectivity index (χ0) is 13.7. The Labute approximate surface area is 113 Å². The van der Waals surface area contributed by atoms with Gasteiger partial charge in [0.2, 0.25) is 0 Å². The van der Waals surface area contributed by atoms with Crippen molar-refractivity contribution in [1.82, 2.24) is 15.1 Å². The fourth-order valence-electron chi connectivity index (χ4n) is 2.01. The molecule has 1 aromatic heterocycles. The van der Waals surface area contributed by atoms with Crippen LogP contribution in [0, 0.1) is 11.3 Å². The summed E-state index contributed by atoms with van der Waals surface area (Å²) in [4.78, 5) is 0. The molecule has 0 atom stereocenters. The van der Waals surface area contributed by atoms with Gasteiger partial charge in [0.05, 0.1) is 17.3 Å². The predicted octanol–water partition coefficient (Wildman–Crippen LogP) is 2.46. The summed E-state index contributed by atoms with van der Waals surface area (Å²) < 4.78 is 1.83. The summed E-state index contributed by atoms with van der Waals surface area (Å²) >= 11 is 0. The van der Waals surface area contributed by atoms with Crippen LogP contribution >= 0.6 is 0 Å². The van der Waals surface area contributed by atoms with Gasteiger partial charge >= 0.3 is 0 Å². The number of rotatable bonds is 5. The highest BCUT2D eigenvalue weighted by atomic mass is 15.3. The standard InChI is InChI=1S/C15H18N4/c1-3-8-17-10-14-11-19(2)18-15(14)13-6-4-12(9-16)5-7-13/h4-7,11,17H,3,8,10H2,1-2H3. The summed E-state index contributed by atoms with van der Waals surface area (Å²) in [5.41, 5.74) is 3.88. The van der Waals surface area contributed by atoms with Crippen LogP contribution in [0.1, 0.15) is 24.5 Å². The highest BCUT2D eigenvalue weighted by Gasteiger charge is 2.09. The summed E-state index contributed by atoms with van der Waals surface area (Å²) in [7, 11) is 1.93. The molecule has 0 aliphatic heterocycles. The number of nitriles is 1. The van der Waals surface area contributed by atoms with Crippen molar-refractivity contribution in [3.05, 3.63) is 41.6 Å². The van der Waals surface area contributed by atoms with E-state index in [1.807, 2.05) is 42.2 Å². The van der Waals surface area contributed by atoms with Crippen molar-refractivity contribution in [2.24, 2.45) is 7.05 Å². The van der Waals surface area contributed by atoms with Crippen LogP contribution in [0.2, 0.25) is 0 Å². The van der Waals surface area contributed by atoms with Crippen molar-refractivity contribution in [3.8, 4) is 17.3 Å². The summed E-state index contributed by atoms with van der Waals surface area (Å²) in [5.74, 6) is 0. The van der Waals surface area contributed by atoms with Gasteiger partial charge in [-0.25, -0.2) is 0 Å². The minimum Gasteiger partial charge on any atom is -0.313 e. The van der Waals surface area contributed by atoms with E-state index in [1.165, 1.54) is 5.56 Å². The minimum atomic E-state index is 0.672. The van der Waals surface area contributed by atoms with E-state index in [0.29, 0.717) is 5.56 Å². The highest BCUT2D eigenvalue weighted by Crippen LogP contribution is 2.22. The Hall–Kier alpha value is -2.12. The summed E-state index contributed by atoms with van der Waals surface area (Å²) in [6, 6.07) is 9.68. The van der Waals surface area contributed by atoms with Crippen molar-refractivity contribution in [1.29, 1.82) is 5.26 Å². The lowest BCUT2D eigenvalue weighted by molar-refractivity contribution is 0.675. The number of benzene rings is 1. The van der Waals surface area contributed by atoms with Crippen LogP contribution < -0.4 is 5.32 Å². The number of aryl methyl sites for hydroxylation is 1. The van der Waals surface area contributed by atoms with Gasteiger partial charge in [-0.3, -0.25) is 4.68 Å². The first-order valence-electron chi connectivity index (χ1n) is 6.48. The van der Waals surface area contributed by atoms with Crippen LogP contribution in [0.3, 0.4) is 0 Å². The largest absolute Gasteiger partial charge is 0.313 e. The van der Waals surface area contributed by atoms with Gasteiger partial charge in [0.25, 0.3) is 0 Å². The molecule has 1 aromatic carbocycles. The molecule has 0 unspecified atom stereocenters. The van der Waals surface area contributed by atoms with Crippen LogP contribution in [-0.4, -0.2) is 16.3 Å². The van der Waals surface area contributed by atoms with Crippen molar-refractivity contribution in [3.63, 3.8) is 0 Å². The average molecular weight is 254 g/mol. The molecular weight excluding hydrogens is 236 g/mol. The molecule has 4 heteroatoms. The molecule has 2 aromatic rings. The normalized spacial score (nSPS) is 10.4. The van der Waals surface area contributed by atoms with Gasteiger partial charge < -0.3 is 5.32 Å². The Bertz CT molecular complexity index is 575. The van der Waals surface area contributed by atoms with Gasteiger partial charge in [-0.15, -0.1) is 0 Å². The second kappa shape index (κ2) is 6.17. The van der Waals surface area contributed by atoms with Crippen molar-refractivity contribution >= 4 is 0 Å². The van der Waals surface area contributed by atoms with E-state index < -0.39 is 0 Å². The molecule has 0 radical (unpaired) electrons. The zero-order valence-electron chi connectivity index (χ0n) is 11.3. The van der Waals surface area contributed by atoms with Crippen LogP contribution in [0.25, 0.3) is 11.3 Å². The number of hydrogen-bond acceptors (Lipinski definition) is 3. The number of aromatic nitrogens is 2. The van der Waals surface area contributed by atoms with Crippen LogP contribution in [0.15, 0.2) is 30.5 Å². The molecule has 0 aliphatic carbocycles. The number of hydrogen-bond donors (Lipinski definition) is 1. The molecule has 0 amide bonds. The van der Waals surface area contributed by atoms with E-state index in [4.69, 9.17) is 5.26 Å². The van der Waals surface area contributed by atoms with E-state index in [-0.39, 0.29) is 0 Å². The maximum atomic E-state index is 8.82. The Kier molecular flexibility index (Phi) is 4.32. The van der Waals surface area contributed by atoms with Crippen LogP contribution in [-0.2, 0) is 13.6 Å². The molecule has 0 fully saturated rings. The average Bonchev–Trinajstić information content (AvgIpc) is 2.80. The third kappa shape index (κ3) is 3.21. The summed E-state index contributed by atoms with van der Waals surface area (Å²) in [6.07, 6.45) is 3.16. The van der Waals surface area contributed by atoms with E-state index in [1.54, 1.807) is 0 Å². The molecular formula is C15H18N4. The molecule has 0 spiro atoms. The van der Waals surface area contributed by atoms with Gasteiger partial charge in [0, 0.05) is 30.9 Å². The molecule has 0 aliphatic rings. The molecule has 4 nitrogen and oxygen atoms in total. The monoisotopic (exact) mass is 254 g/mol. The Morgan fingerprint density at radius 2 is 2.05 bits per heavy atom. The van der Waals surface area contributed by atoms with Gasteiger partial charge in [0.15, 0.2) is 0 Å². The first kappa shape index (κ1) is 13.3. The maximum absolute atomic E-state index is 8.82. The van der Waals surface area contributed by atoms with Crippen molar-refractivity contribution in [2.75, 3.05) is 6.54 Å². The predicted molar refractivity (Wildman–Crippen MR) is 75.4 cm³/mol. The molecule has 19 heavy (non-hydrogen) atoms. The number of nitrogens with zero attached hydrogens (tertiary/aromatic N) is 3.